The zero-order chi connectivity index (χ0) is 16.6. The van der Waals surface area contributed by atoms with E-state index < -0.39 is 12.7 Å². The van der Waals surface area contributed by atoms with Gasteiger partial charge in [-0.1, -0.05) is 6.07 Å². The van der Waals surface area contributed by atoms with Gasteiger partial charge >= 0.3 is 6.18 Å². The predicted octanol–water partition coefficient (Wildman–Crippen LogP) is 2.69. The fourth-order valence-corrected chi connectivity index (χ4v) is 2.71. The summed E-state index contributed by atoms with van der Waals surface area (Å²) in [5.41, 5.74) is 1.83. The number of benzene rings is 1. The minimum absolute atomic E-state index is 0.0367. The van der Waals surface area contributed by atoms with Crippen LogP contribution < -0.4 is 4.74 Å². The van der Waals surface area contributed by atoms with Crippen LogP contribution in [0.25, 0.3) is 21.9 Å². The van der Waals surface area contributed by atoms with Crippen LogP contribution in [-0.2, 0) is 13.0 Å². The Morgan fingerprint density at radius 1 is 1.26 bits per heavy atom. The van der Waals surface area contributed by atoms with Gasteiger partial charge in [-0.05, 0) is 24.1 Å². The Balaban J connectivity index is 2.36. The first-order valence-corrected chi connectivity index (χ1v) is 6.92. The van der Waals surface area contributed by atoms with Gasteiger partial charge in [-0.15, -0.1) is 0 Å². The molecule has 0 unspecified atom stereocenters. The second-order valence-electron chi connectivity index (χ2n) is 5.11. The number of hydrogen-bond acceptors (Lipinski definition) is 4. The molecule has 2 heterocycles. The Morgan fingerprint density at radius 3 is 2.70 bits per heavy atom. The number of alkyl halides is 3. The van der Waals surface area contributed by atoms with Crippen LogP contribution in [-0.4, -0.2) is 39.5 Å². The maximum Gasteiger partial charge on any atom is 0.406 e. The van der Waals surface area contributed by atoms with E-state index in [4.69, 9.17) is 9.84 Å². The summed E-state index contributed by atoms with van der Waals surface area (Å²) in [6.07, 6.45) is -2.70. The van der Waals surface area contributed by atoms with E-state index in [9.17, 15) is 13.2 Å². The topological polar surface area (TPSA) is 60.2 Å². The highest BCUT2D eigenvalue weighted by molar-refractivity contribution is 6.07. The molecule has 5 nitrogen and oxygen atoms in total. The van der Waals surface area contributed by atoms with E-state index in [1.807, 2.05) is 0 Å². The van der Waals surface area contributed by atoms with Gasteiger partial charge in [-0.25, -0.2) is 4.98 Å². The van der Waals surface area contributed by atoms with Gasteiger partial charge in [0.15, 0.2) is 0 Å². The monoisotopic (exact) mass is 325 g/mol. The Kier molecular flexibility index (Phi) is 3.85. The molecule has 0 bridgehead atoms. The summed E-state index contributed by atoms with van der Waals surface area (Å²) in [5.74, 6) is 0.0964. The number of aromatic nitrogens is 3. The maximum absolute atomic E-state index is 13.0. The molecule has 0 saturated heterocycles. The van der Waals surface area contributed by atoms with Crippen LogP contribution >= 0.6 is 0 Å². The van der Waals surface area contributed by atoms with E-state index in [0.717, 1.165) is 10.1 Å². The number of aliphatic hydroxyl groups is 1. The number of aliphatic hydroxyl groups excluding tert-OH is 1. The summed E-state index contributed by atoms with van der Waals surface area (Å²) < 4.78 is 45.2. The highest BCUT2D eigenvalue weighted by atomic mass is 19.4. The molecule has 3 rings (SSSR count). The van der Waals surface area contributed by atoms with Crippen LogP contribution in [0.4, 0.5) is 13.2 Å². The maximum atomic E-state index is 13.0. The van der Waals surface area contributed by atoms with E-state index >= 15 is 0 Å². The van der Waals surface area contributed by atoms with Crippen molar-refractivity contribution >= 4 is 21.9 Å². The van der Waals surface area contributed by atoms with E-state index in [-0.39, 0.29) is 18.0 Å². The Labute approximate surface area is 129 Å². The van der Waals surface area contributed by atoms with Crippen molar-refractivity contribution in [2.75, 3.05) is 13.7 Å². The zero-order valence-electron chi connectivity index (χ0n) is 12.3. The number of hydrogen-bond donors (Lipinski definition) is 1. The van der Waals surface area contributed by atoms with Crippen molar-refractivity contribution in [2.45, 2.75) is 19.1 Å². The lowest BCUT2D eigenvalue weighted by atomic mass is 10.1. The average Bonchev–Trinajstić information content (AvgIpc) is 2.80. The molecule has 0 fully saturated rings. The first-order chi connectivity index (χ1) is 10.9. The van der Waals surface area contributed by atoms with Gasteiger partial charge in [0.25, 0.3) is 0 Å². The number of rotatable bonds is 4. The SMILES string of the molecule is COc1ncnc2c3cc(CCO)ccc3n(CC(F)(F)F)c12. The third-order valence-corrected chi connectivity index (χ3v) is 3.60. The molecule has 0 amide bonds. The molecule has 0 radical (unpaired) electrons. The Hall–Kier alpha value is -2.35. The van der Waals surface area contributed by atoms with E-state index in [1.165, 1.54) is 13.4 Å². The van der Waals surface area contributed by atoms with Gasteiger partial charge < -0.3 is 14.4 Å². The molecule has 0 aliphatic rings. The molecule has 3 aromatic rings. The number of methoxy groups -OCH3 is 1. The molecule has 0 spiro atoms. The number of halogens is 3. The van der Waals surface area contributed by atoms with Crippen LogP contribution in [0, 0.1) is 0 Å². The van der Waals surface area contributed by atoms with Gasteiger partial charge in [0.2, 0.25) is 5.88 Å². The second kappa shape index (κ2) is 5.69. The summed E-state index contributed by atoms with van der Waals surface area (Å²) in [6.45, 7) is -1.19. The lowest BCUT2D eigenvalue weighted by Crippen LogP contribution is -2.17. The van der Waals surface area contributed by atoms with Crippen molar-refractivity contribution in [2.24, 2.45) is 0 Å². The Morgan fingerprint density at radius 2 is 2.04 bits per heavy atom. The van der Waals surface area contributed by atoms with Crippen molar-refractivity contribution < 1.29 is 23.0 Å². The molecule has 1 N–H and O–H groups in total. The molecule has 0 atom stereocenters. The molecule has 0 aliphatic heterocycles. The molecule has 0 aliphatic carbocycles. The van der Waals surface area contributed by atoms with Crippen molar-refractivity contribution in [3.63, 3.8) is 0 Å². The summed E-state index contributed by atoms with van der Waals surface area (Å²) in [6, 6.07) is 5.05. The molecule has 1 aromatic carbocycles. The minimum Gasteiger partial charge on any atom is -0.479 e. The highest BCUT2D eigenvalue weighted by Crippen LogP contribution is 2.34. The molecule has 23 heavy (non-hydrogen) atoms. The van der Waals surface area contributed by atoms with Crippen LogP contribution in [0.15, 0.2) is 24.5 Å². The van der Waals surface area contributed by atoms with Gasteiger partial charge in [-0.2, -0.15) is 18.2 Å². The molecular weight excluding hydrogens is 311 g/mol. The molecule has 122 valence electrons. The van der Waals surface area contributed by atoms with Crippen LogP contribution in [0.1, 0.15) is 5.56 Å². The van der Waals surface area contributed by atoms with Crippen molar-refractivity contribution in [3.05, 3.63) is 30.1 Å². The van der Waals surface area contributed by atoms with E-state index in [0.29, 0.717) is 22.8 Å². The highest BCUT2D eigenvalue weighted by Gasteiger charge is 2.31. The summed E-state index contributed by atoms with van der Waals surface area (Å²) >= 11 is 0. The zero-order valence-corrected chi connectivity index (χ0v) is 12.3. The number of nitrogens with zero attached hydrogens (tertiary/aromatic N) is 3. The second-order valence-corrected chi connectivity index (χ2v) is 5.11. The molecular formula is C15H14F3N3O2. The van der Waals surface area contributed by atoms with E-state index in [2.05, 4.69) is 9.97 Å². The van der Waals surface area contributed by atoms with Crippen LogP contribution in [0.5, 0.6) is 5.88 Å². The standard InChI is InChI=1S/C15H14F3N3O2/c1-23-14-13-12(19-8-20-14)10-6-9(4-5-22)2-3-11(10)21(13)7-15(16,17)18/h2-3,6,8,22H,4-5,7H2,1H3. The average molecular weight is 325 g/mol. The smallest absolute Gasteiger partial charge is 0.406 e. The van der Waals surface area contributed by atoms with Crippen LogP contribution in [0.3, 0.4) is 0 Å². The third kappa shape index (κ3) is 2.81. The third-order valence-electron chi connectivity index (χ3n) is 3.60. The van der Waals surface area contributed by atoms with Crippen molar-refractivity contribution in [1.29, 1.82) is 0 Å². The first kappa shape index (κ1) is 15.5. The summed E-state index contributed by atoms with van der Waals surface area (Å²) in [7, 11) is 1.36. The minimum atomic E-state index is -4.39. The number of fused-ring (bicyclic) bond motifs is 3. The molecule has 0 saturated carbocycles. The van der Waals surface area contributed by atoms with Crippen molar-refractivity contribution in [3.8, 4) is 5.88 Å². The molecule has 8 heteroatoms. The largest absolute Gasteiger partial charge is 0.479 e. The lowest BCUT2D eigenvalue weighted by molar-refractivity contribution is -0.139. The summed E-state index contributed by atoms with van der Waals surface area (Å²) in [5, 5.41) is 9.63. The summed E-state index contributed by atoms with van der Waals surface area (Å²) in [4.78, 5) is 8.04. The fourth-order valence-electron chi connectivity index (χ4n) is 2.71. The lowest BCUT2D eigenvalue weighted by Gasteiger charge is -2.11. The van der Waals surface area contributed by atoms with Gasteiger partial charge in [-0.3, -0.25) is 0 Å². The first-order valence-electron chi connectivity index (χ1n) is 6.92. The van der Waals surface area contributed by atoms with Crippen LogP contribution in [0.2, 0.25) is 0 Å². The molecule has 2 aromatic heterocycles. The predicted molar refractivity (Wildman–Crippen MR) is 78.4 cm³/mol. The van der Waals surface area contributed by atoms with Gasteiger partial charge in [0.05, 0.1) is 12.6 Å². The number of ether oxygens (including phenoxy) is 1. The van der Waals surface area contributed by atoms with Gasteiger partial charge in [0, 0.05) is 12.0 Å². The van der Waals surface area contributed by atoms with E-state index in [1.54, 1.807) is 18.2 Å². The fraction of sp³-hybridized carbons (Fsp3) is 0.333. The normalized spacial score (nSPS) is 12.2. The van der Waals surface area contributed by atoms with Crippen molar-refractivity contribution in [1.82, 2.24) is 14.5 Å². The van der Waals surface area contributed by atoms with Gasteiger partial charge in [0.1, 0.15) is 23.9 Å². The Bertz CT molecular complexity index is 858. The quantitative estimate of drug-likeness (QED) is 0.801.